The molecular weight excluding hydrogens is 220 g/mol. The molecule has 0 aromatic heterocycles. The lowest BCUT2D eigenvalue weighted by molar-refractivity contribution is -0.146. The van der Waals surface area contributed by atoms with Crippen LogP contribution < -0.4 is 11.2 Å². The second-order valence-electron chi connectivity index (χ2n) is 3.16. The Hall–Kier alpha value is -1.22. The number of nitrogens with one attached hydrogen (secondary N) is 1. The number of primary amides is 1. The van der Waals surface area contributed by atoms with E-state index in [1.54, 1.807) is 0 Å². The Bertz CT molecular complexity index is 235. The first kappa shape index (κ1) is 14.8. The zero-order valence-electron chi connectivity index (χ0n) is 8.63. The van der Waals surface area contributed by atoms with E-state index in [9.17, 15) is 9.59 Å². The van der Waals surface area contributed by atoms with Crippen molar-refractivity contribution in [3.05, 3.63) is 0 Å². The predicted octanol–water partition coefficient (Wildman–Crippen LogP) is -2.42. The molecule has 0 bridgehead atoms. The number of hydrogen-bond acceptors (Lipinski definition) is 6. The van der Waals surface area contributed by atoms with Crippen molar-refractivity contribution in [1.82, 2.24) is 5.48 Å². The van der Waals surface area contributed by atoms with Gasteiger partial charge in [-0.2, -0.15) is 5.48 Å². The highest BCUT2D eigenvalue weighted by Crippen LogP contribution is 1.97. The Kier molecular flexibility index (Phi) is 7.38. The van der Waals surface area contributed by atoms with Crippen LogP contribution in [0.5, 0.6) is 0 Å². The van der Waals surface area contributed by atoms with E-state index in [0.717, 1.165) is 0 Å². The van der Waals surface area contributed by atoms with Crippen LogP contribution in [-0.2, 0) is 14.4 Å². The Balaban J connectivity index is 3.85. The van der Waals surface area contributed by atoms with Crippen LogP contribution in [0.2, 0.25) is 0 Å². The Morgan fingerprint density at radius 3 is 2.50 bits per heavy atom. The largest absolute Gasteiger partial charge is 0.480 e. The van der Waals surface area contributed by atoms with Crippen LogP contribution in [0.15, 0.2) is 0 Å². The fourth-order valence-electron chi connectivity index (χ4n) is 0.817. The summed E-state index contributed by atoms with van der Waals surface area (Å²) in [7, 11) is 0. The number of nitrogens with two attached hydrogens (primary N) is 1. The van der Waals surface area contributed by atoms with Crippen molar-refractivity contribution in [2.75, 3.05) is 13.2 Å². The molecule has 8 heteroatoms. The molecule has 94 valence electrons. The first-order chi connectivity index (χ1) is 7.47. The van der Waals surface area contributed by atoms with Gasteiger partial charge in [-0.25, -0.2) is 0 Å². The lowest BCUT2D eigenvalue weighted by Gasteiger charge is -2.14. The smallest absolute Gasteiger partial charge is 0.323 e. The van der Waals surface area contributed by atoms with Gasteiger partial charge in [-0.3, -0.25) is 14.4 Å². The normalized spacial score (nSPS) is 14.4. The summed E-state index contributed by atoms with van der Waals surface area (Å²) < 4.78 is 0. The van der Waals surface area contributed by atoms with Crippen molar-refractivity contribution in [2.24, 2.45) is 5.73 Å². The van der Waals surface area contributed by atoms with E-state index < -0.39 is 30.6 Å². The topological polar surface area (TPSA) is 142 Å². The molecule has 0 aliphatic heterocycles. The standard InChI is InChI=1S/C8H16N2O6/c9-7(13)2-1-6(8(14)15)10-16-4-5(12)3-11/h5-6,10-12H,1-4H2,(H2,9,13)(H,14,15)/t5?,6-/m0/s1. The third-order valence-electron chi connectivity index (χ3n) is 1.69. The molecule has 0 aromatic rings. The molecule has 1 amide bonds. The fourth-order valence-corrected chi connectivity index (χ4v) is 0.817. The minimum absolute atomic E-state index is 0.0140. The van der Waals surface area contributed by atoms with Crippen molar-refractivity contribution in [3.8, 4) is 0 Å². The van der Waals surface area contributed by atoms with Crippen LogP contribution in [0.4, 0.5) is 0 Å². The highest BCUT2D eigenvalue weighted by molar-refractivity contribution is 5.77. The van der Waals surface area contributed by atoms with Crippen molar-refractivity contribution in [1.29, 1.82) is 0 Å². The summed E-state index contributed by atoms with van der Waals surface area (Å²) in [5.41, 5.74) is 7.03. The summed E-state index contributed by atoms with van der Waals surface area (Å²) >= 11 is 0. The number of hydroxylamine groups is 1. The van der Waals surface area contributed by atoms with Crippen molar-refractivity contribution in [3.63, 3.8) is 0 Å². The number of carbonyl (C=O) groups excluding carboxylic acids is 1. The molecule has 0 aliphatic rings. The Morgan fingerprint density at radius 2 is 2.06 bits per heavy atom. The quantitative estimate of drug-likeness (QED) is 0.280. The summed E-state index contributed by atoms with van der Waals surface area (Å²) in [6.07, 6.45) is -1.19. The number of carboxylic acids is 1. The van der Waals surface area contributed by atoms with Gasteiger partial charge in [0.05, 0.1) is 13.2 Å². The molecule has 0 radical (unpaired) electrons. The maximum Gasteiger partial charge on any atom is 0.323 e. The number of amides is 1. The molecular formula is C8H16N2O6. The molecule has 8 nitrogen and oxygen atoms in total. The van der Waals surface area contributed by atoms with Crippen LogP contribution in [0, 0.1) is 0 Å². The van der Waals surface area contributed by atoms with Gasteiger partial charge in [-0.1, -0.05) is 0 Å². The maximum atomic E-state index is 10.7. The SMILES string of the molecule is NC(=O)CC[C@H](NOCC(O)CO)C(=O)O. The van der Waals surface area contributed by atoms with Crippen LogP contribution >= 0.6 is 0 Å². The second-order valence-corrected chi connectivity index (χ2v) is 3.16. The second kappa shape index (κ2) is 7.99. The minimum atomic E-state index is -1.19. The van der Waals surface area contributed by atoms with E-state index in [1.807, 2.05) is 0 Å². The van der Waals surface area contributed by atoms with E-state index in [4.69, 9.17) is 21.1 Å². The van der Waals surface area contributed by atoms with E-state index in [1.165, 1.54) is 0 Å². The van der Waals surface area contributed by atoms with Gasteiger partial charge in [0, 0.05) is 6.42 Å². The lowest BCUT2D eigenvalue weighted by Crippen LogP contribution is -2.39. The van der Waals surface area contributed by atoms with Crippen molar-refractivity contribution in [2.45, 2.75) is 25.0 Å². The van der Waals surface area contributed by atoms with E-state index in [0.29, 0.717) is 0 Å². The summed E-state index contributed by atoms with van der Waals surface area (Å²) in [6.45, 7) is -0.739. The maximum absolute atomic E-state index is 10.7. The zero-order chi connectivity index (χ0) is 12.6. The molecule has 0 heterocycles. The van der Waals surface area contributed by atoms with Gasteiger partial charge in [-0.15, -0.1) is 0 Å². The first-order valence-electron chi connectivity index (χ1n) is 4.64. The number of carbonyl (C=O) groups is 2. The van der Waals surface area contributed by atoms with E-state index in [2.05, 4.69) is 10.3 Å². The van der Waals surface area contributed by atoms with Crippen molar-refractivity contribution >= 4 is 11.9 Å². The number of aliphatic carboxylic acids is 1. The van der Waals surface area contributed by atoms with Crippen LogP contribution in [-0.4, -0.2) is 52.6 Å². The molecule has 16 heavy (non-hydrogen) atoms. The monoisotopic (exact) mass is 236 g/mol. The number of aliphatic hydroxyl groups excluding tert-OH is 2. The van der Waals surface area contributed by atoms with E-state index >= 15 is 0 Å². The molecule has 2 atom stereocenters. The van der Waals surface area contributed by atoms with Crippen LogP contribution in [0.25, 0.3) is 0 Å². The third-order valence-corrected chi connectivity index (χ3v) is 1.69. The summed E-state index contributed by atoms with van der Waals surface area (Å²) in [6, 6.07) is -1.08. The molecule has 0 aromatic carbocycles. The first-order valence-corrected chi connectivity index (χ1v) is 4.64. The van der Waals surface area contributed by atoms with Gasteiger partial charge in [0.25, 0.3) is 0 Å². The van der Waals surface area contributed by atoms with Gasteiger partial charge in [0.1, 0.15) is 12.1 Å². The fraction of sp³-hybridized carbons (Fsp3) is 0.750. The number of carboxylic acid groups (broad SMARTS) is 1. The van der Waals surface area contributed by atoms with E-state index in [-0.39, 0.29) is 19.4 Å². The molecule has 0 aliphatic carbocycles. The predicted molar refractivity (Wildman–Crippen MR) is 52.0 cm³/mol. The van der Waals surface area contributed by atoms with Crippen LogP contribution in [0.3, 0.4) is 0 Å². The molecule has 0 spiro atoms. The molecule has 0 saturated heterocycles. The lowest BCUT2D eigenvalue weighted by atomic mass is 10.1. The Morgan fingerprint density at radius 1 is 1.44 bits per heavy atom. The molecule has 0 fully saturated rings. The van der Waals surface area contributed by atoms with Gasteiger partial charge in [0.15, 0.2) is 0 Å². The average Bonchev–Trinajstić information content (AvgIpc) is 2.21. The molecule has 0 saturated carbocycles. The van der Waals surface area contributed by atoms with Crippen molar-refractivity contribution < 1.29 is 29.7 Å². The summed E-state index contributed by atoms with van der Waals surface area (Å²) in [5, 5.41) is 26.0. The van der Waals surface area contributed by atoms with Crippen LogP contribution in [0.1, 0.15) is 12.8 Å². The minimum Gasteiger partial charge on any atom is -0.480 e. The third kappa shape index (κ3) is 7.12. The average molecular weight is 236 g/mol. The van der Waals surface area contributed by atoms with Gasteiger partial charge in [0.2, 0.25) is 5.91 Å². The van der Waals surface area contributed by atoms with Gasteiger partial charge < -0.3 is 21.1 Å². The molecule has 6 N–H and O–H groups in total. The highest BCUT2D eigenvalue weighted by Gasteiger charge is 2.18. The molecule has 1 unspecified atom stereocenters. The number of aliphatic hydroxyl groups is 2. The van der Waals surface area contributed by atoms with Gasteiger partial charge in [-0.05, 0) is 6.42 Å². The highest BCUT2D eigenvalue weighted by atomic mass is 16.7. The zero-order valence-corrected chi connectivity index (χ0v) is 8.63. The summed E-state index contributed by atoms with van der Waals surface area (Å²) in [5.74, 6) is -1.80. The number of rotatable bonds is 9. The number of hydrogen-bond donors (Lipinski definition) is 5. The summed E-state index contributed by atoms with van der Waals surface area (Å²) in [4.78, 5) is 25.7. The van der Waals surface area contributed by atoms with Gasteiger partial charge >= 0.3 is 5.97 Å². The molecule has 0 rings (SSSR count). The Labute approximate surface area is 92.0 Å².